The molecule has 2 heterocycles. The van der Waals surface area contributed by atoms with Crippen LogP contribution < -0.4 is 0 Å². The molecule has 0 aliphatic heterocycles. The van der Waals surface area contributed by atoms with Gasteiger partial charge in [-0.05, 0) is 0 Å². The maximum atomic E-state index is 8.61. The molecule has 6 aromatic carbocycles. The Morgan fingerprint density at radius 1 is 0.481 bits per heavy atom. The summed E-state index contributed by atoms with van der Waals surface area (Å²) in [6.45, 7) is 9.33. The topological polar surface area (TPSA) is 31.6 Å². The maximum absolute atomic E-state index is 8.61. The Morgan fingerprint density at radius 2 is 0.865 bits per heavy atom. The Bertz CT molecular complexity index is 2790. The Morgan fingerprint density at radius 3 is 1.31 bits per heavy atom. The molecular formula is C46H38Cl2N2SiZr. The second kappa shape index (κ2) is 11.5. The molecule has 0 saturated heterocycles. The van der Waals surface area contributed by atoms with Gasteiger partial charge in [-0.25, -0.2) is 0 Å². The van der Waals surface area contributed by atoms with Crippen molar-refractivity contribution in [1.82, 2.24) is 9.97 Å². The predicted molar refractivity (Wildman–Crippen MR) is 224 cm³/mol. The molecule has 0 fully saturated rings. The number of halogens is 2. The molecule has 2 aliphatic carbocycles. The summed E-state index contributed by atoms with van der Waals surface area (Å²) in [4.78, 5) is 7.50. The number of hydrogen-bond donors (Lipinski definition) is 2. The minimum atomic E-state index is -4.90. The summed E-state index contributed by atoms with van der Waals surface area (Å²) in [7, 11) is 17.2. The average molecular weight is 809 g/mol. The van der Waals surface area contributed by atoms with E-state index in [4.69, 9.17) is 17.0 Å². The van der Waals surface area contributed by atoms with Crippen molar-refractivity contribution < 1.29 is 15.0 Å². The first-order valence-corrected chi connectivity index (χ1v) is 33.5. The summed E-state index contributed by atoms with van der Waals surface area (Å²) >= 11 is -4.90. The predicted octanol–water partition coefficient (Wildman–Crippen LogP) is 14.2. The summed E-state index contributed by atoms with van der Waals surface area (Å²) in [6, 6.07) is 44.1. The first-order valence-electron chi connectivity index (χ1n) is 18.1. The summed E-state index contributed by atoms with van der Waals surface area (Å²) < 4.78 is 0.0382. The number of allylic oxidation sites excluding steroid dienone is 2. The number of aromatic amines is 2. The fourth-order valence-corrected chi connectivity index (χ4v) is 40.3. The van der Waals surface area contributed by atoms with Gasteiger partial charge in [0.25, 0.3) is 0 Å². The van der Waals surface area contributed by atoms with Gasteiger partial charge in [-0.3, -0.25) is 0 Å². The van der Waals surface area contributed by atoms with Crippen molar-refractivity contribution in [2.45, 2.75) is 34.2 Å². The molecule has 0 saturated carbocycles. The third-order valence-electron chi connectivity index (χ3n) is 12.2. The van der Waals surface area contributed by atoms with Crippen LogP contribution in [0.3, 0.4) is 0 Å². The van der Waals surface area contributed by atoms with Crippen molar-refractivity contribution in [2.24, 2.45) is 0 Å². The molecular weight excluding hydrogens is 771 g/mol. The Kier molecular flexibility index (Phi) is 7.26. The van der Waals surface area contributed by atoms with Crippen LogP contribution in [0, 0.1) is 0 Å². The van der Waals surface area contributed by atoms with Crippen LogP contribution >= 0.6 is 17.0 Å². The van der Waals surface area contributed by atoms with Gasteiger partial charge in [0.15, 0.2) is 0 Å². The van der Waals surface area contributed by atoms with Crippen molar-refractivity contribution in [3.05, 3.63) is 155 Å². The first kappa shape index (κ1) is 32.7. The van der Waals surface area contributed by atoms with E-state index in [9.17, 15) is 0 Å². The number of benzene rings is 6. The molecule has 6 heteroatoms. The van der Waals surface area contributed by atoms with E-state index in [1.807, 2.05) is 0 Å². The monoisotopic (exact) mass is 806 g/mol. The van der Waals surface area contributed by atoms with Gasteiger partial charge in [0.05, 0.1) is 0 Å². The summed E-state index contributed by atoms with van der Waals surface area (Å²) in [6.07, 6.45) is 4.81. The van der Waals surface area contributed by atoms with Crippen LogP contribution in [0.5, 0.6) is 0 Å². The average Bonchev–Trinajstić information content (AvgIpc) is 3.90. The van der Waals surface area contributed by atoms with Crippen LogP contribution in [0.25, 0.3) is 78.0 Å². The molecule has 2 unspecified atom stereocenters. The van der Waals surface area contributed by atoms with Crippen molar-refractivity contribution in [2.75, 3.05) is 0 Å². The zero-order valence-electron chi connectivity index (χ0n) is 29.6. The molecule has 0 amide bonds. The van der Waals surface area contributed by atoms with E-state index in [1.54, 1.807) is 0 Å². The van der Waals surface area contributed by atoms with Crippen LogP contribution in [-0.2, 0) is 15.0 Å². The van der Waals surface area contributed by atoms with E-state index in [0.29, 0.717) is 0 Å². The van der Waals surface area contributed by atoms with E-state index in [1.165, 1.54) is 88.2 Å². The molecule has 0 bridgehead atoms. The third-order valence-corrected chi connectivity index (χ3v) is 59.2. The van der Waals surface area contributed by atoms with Gasteiger partial charge in [-0.1, -0.05) is 0 Å². The first-order chi connectivity index (χ1) is 25.1. The van der Waals surface area contributed by atoms with E-state index >= 15 is 0 Å². The normalized spacial score (nSPS) is 17.2. The molecule has 2 atom stereocenters. The molecule has 2 N–H and O–H groups in total. The molecule has 2 nitrogen and oxygen atoms in total. The standard InChI is InChI=1S/2C22H16N.C2H6Si.2ClH.Zr/c2*1-14-12-15-6-4-8-16(20(15)13-14)18-9-5-10-19-17-7-2-3-11-21(17)23-22(18)19;1-3-2;;;/h2*2-13,23H,1H3;1-2H3;2*1H;/q;;;;;+2/p-2. The van der Waals surface area contributed by atoms with Gasteiger partial charge < -0.3 is 0 Å². The third kappa shape index (κ3) is 4.39. The number of rotatable bonds is 4. The molecule has 2 aromatic heterocycles. The van der Waals surface area contributed by atoms with Gasteiger partial charge in [0, 0.05) is 0 Å². The van der Waals surface area contributed by atoms with Crippen molar-refractivity contribution in [3.63, 3.8) is 0 Å². The van der Waals surface area contributed by atoms with Crippen LogP contribution in [0.15, 0.2) is 132 Å². The molecule has 52 heavy (non-hydrogen) atoms. The summed E-state index contributed by atoms with van der Waals surface area (Å²) in [5.41, 5.74) is 16.1. The Hall–Kier alpha value is -3.92. The number of hydrogen-bond acceptors (Lipinski definition) is 0. The molecule has 8 aromatic rings. The Labute approximate surface area is 311 Å². The van der Waals surface area contributed by atoms with Crippen LogP contribution in [0.4, 0.5) is 0 Å². The van der Waals surface area contributed by atoms with Gasteiger partial charge in [-0.2, -0.15) is 0 Å². The van der Waals surface area contributed by atoms with Crippen molar-refractivity contribution >= 4 is 78.2 Å². The second-order valence-corrected chi connectivity index (χ2v) is 54.0. The van der Waals surface area contributed by atoms with E-state index < -0.39 is 20.4 Å². The Balaban J connectivity index is 1.16. The van der Waals surface area contributed by atoms with Gasteiger partial charge in [0.2, 0.25) is 0 Å². The number of nitrogens with one attached hydrogen (secondary N) is 2. The second-order valence-electron chi connectivity index (χ2n) is 15.2. The van der Waals surface area contributed by atoms with Crippen molar-refractivity contribution in [1.29, 1.82) is 0 Å². The summed E-state index contributed by atoms with van der Waals surface area (Å²) in [5, 5.41) is 4.99. The fourth-order valence-electron chi connectivity index (χ4n) is 9.92. The molecule has 10 rings (SSSR count). The molecule has 2 aliphatic rings. The fraction of sp³-hybridized carbons (Fsp3) is 0.130. The van der Waals surface area contributed by atoms with Crippen LogP contribution in [0.1, 0.15) is 43.4 Å². The van der Waals surface area contributed by atoms with Gasteiger partial charge in [0.1, 0.15) is 0 Å². The van der Waals surface area contributed by atoms with E-state index in [0.717, 1.165) is 11.0 Å². The van der Waals surface area contributed by atoms with Crippen molar-refractivity contribution in [3.8, 4) is 22.3 Å². The molecule has 0 spiro atoms. The number of fused-ring (bicyclic) bond motifs is 8. The zero-order valence-corrected chi connectivity index (χ0v) is 34.6. The van der Waals surface area contributed by atoms with E-state index in [-0.39, 0.29) is 7.25 Å². The van der Waals surface area contributed by atoms with E-state index in [2.05, 4.69) is 170 Å². The zero-order chi connectivity index (χ0) is 35.5. The molecule has 0 radical (unpaired) electrons. The van der Waals surface area contributed by atoms with Crippen LogP contribution in [0.2, 0.25) is 13.1 Å². The van der Waals surface area contributed by atoms with Gasteiger partial charge in [-0.15, -0.1) is 0 Å². The summed E-state index contributed by atoms with van der Waals surface area (Å²) in [5.74, 6) is 0. The number of H-pyrrole nitrogens is 2. The number of aromatic nitrogens is 2. The van der Waals surface area contributed by atoms with Crippen LogP contribution in [-0.4, -0.2) is 15.4 Å². The quantitative estimate of drug-likeness (QED) is 0.166. The number of para-hydroxylation sites is 4. The molecule has 254 valence electrons. The minimum absolute atomic E-state index is 0.0191. The SMILES string of the molecule is CC1=Cc2c(-c3cccc4c3[nH]c3ccccc34)cccc2[CH]1[Zr]([Cl])([Cl])([CH]1C(C)=Cc2c(-c3cccc4c3[nH]c3ccccc34)cccc21)=[Si](C)C. The van der Waals surface area contributed by atoms with Gasteiger partial charge >= 0.3 is 314 Å².